The lowest BCUT2D eigenvalue weighted by atomic mass is 10.1. The highest BCUT2D eigenvalue weighted by Crippen LogP contribution is 2.17. The number of allylic oxidation sites excluding steroid dienone is 1. The standard InChI is InChI=1S/C8H17N3/c1-6(2)8-5-9-10-11(8)7(3)4/h5-7,9-10H,1-4H3. The second-order valence-corrected chi connectivity index (χ2v) is 3.44. The fourth-order valence-electron chi connectivity index (χ4n) is 1.18. The number of hydrazine groups is 2. The van der Waals surface area contributed by atoms with Crippen LogP contribution in [0.15, 0.2) is 11.9 Å². The highest BCUT2D eigenvalue weighted by Gasteiger charge is 2.19. The molecule has 64 valence electrons. The summed E-state index contributed by atoms with van der Waals surface area (Å²) in [6.45, 7) is 8.71. The first kappa shape index (κ1) is 8.40. The van der Waals surface area contributed by atoms with E-state index >= 15 is 0 Å². The van der Waals surface area contributed by atoms with E-state index in [1.165, 1.54) is 5.70 Å². The maximum absolute atomic E-state index is 3.08. The third-order valence-electron chi connectivity index (χ3n) is 1.79. The molecule has 2 N–H and O–H groups in total. The summed E-state index contributed by atoms with van der Waals surface area (Å²) in [5.74, 6) is 0.569. The zero-order valence-electron chi connectivity index (χ0n) is 7.68. The van der Waals surface area contributed by atoms with E-state index in [0.29, 0.717) is 12.0 Å². The summed E-state index contributed by atoms with van der Waals surface area (Å²) >= 11 is 0. The minimum atomic E-state index is 0.499. The molecule has 3 heteroatoms. The summed E-state index contributed by atoms with van der Waals surface area (Å²) in [6.07, 6.45) is 2.02. The molecule has 3 nitrogen and oxygen atoms in total. The smallest absolute Gasteiger partial charge is 0.0511 e. The summed E-state index contributed by atoms with van der Waals surface area (Å²) in [6, 6.07) is 0.499. The molecule has 0 spiro atoms. The summed E-state index contributed by atoms with van der Waals surface area (Å²) in [5, 5.41) is 2.14. The maximum Gasteiger partial charge on any atom is 0.0511 e. The van der Waals surface area contributed by atoms with Crippen molar-refractivity contribution < 1.29 is 0 Å². The van der Waals surface area contributed by atoms with Crippen LogP contribution in [-0.4, -0.2) is 11.1 Å². The van der Waals surface area contributed by atoms with Crippen molar-refractivity contribution in [1.29, 1.82) is 0 Å². The maximum atomic E-state index is 3.08. The van der Waals surface area contributed by atoms with Crippen LogP contribution in [0.25, 0.3) is 0 Å². The Morgan fingerprint density at radius 2 is 1.91 bits per heavy atom. The van der Waals surface area contributed by atoms with Crippen molar-refractivity contribution >= 4 is 0 Å². The highest BCUT2D eigenvalue weighted by atomic mass is 15.7. The molecule has 0 atom stereocenters. The molecular formula is C8H17N3. The van der Waals surface area contributed by atoms with Crippen LogP contribution < -0.4 is 11.0 Å². The predicted molar refractivity (Wildman–Crippen MR) is 46.2 cm³/mol. The fourth-order valence-corrected chi connectivity index (χ4v) is 1.18. The molecule has 0 aromatic rings. The molecule has 0 amide bonds. The minimum absolute atomic E-state index is 0.499. The summed E-state index contributed by atoms with van der Waals surface area (Å²) in [4.78, 5) is 0. The van der Waals surface area contributed by atoms with Gasteiger partial charge in [-0.15, -0.1) is 5.53 Å². The minimum Gasteiger partial charge on any atom is -0.309 e. The SMILES string of the molecule is CC(C)C1=CNNN1C(C)C. The first-order valence-electron chi connectivity index (χ1n) is 4.13. The number of hydrogen-bond donors (Lipinski definition) is 2. The van der Waals surface area contributed by atoms with Crippen LogP contribution in [0.5, 0.6) is 0 Å². The van der Waals surface area contributed by atoms with Crippen molar-refractivity contribution in [3.05, 3.63) is 11.9 Å². The quantitative estimate of drug-likeness (QED) is 0.628. The van der Waals surface area contributed by atoms with Gasteiger partial charge in [-0.3, -0.25) is 5.01 Å². The van der Waals surface area contributed by atoms with E-state index < -0.39 is 0 Å². The molecule has 11 heavy (non-hydrogen) atoms. The van der Waals surface area contributed by atoms with Gasteiger partial charge in [0.1, 0.15) is 0 Å². The third-order valence-corrected chi connectivity index (χ3v) is 1.79. The molecule has 0 saturated heterocycles. The molecule has 0 unspecified atom stereocenters. The van der Waals surface area contributed by atoms with Crippen molar-refractivity contribution in [3.63, 3.8) is 0 Å². The Balaban J connectivity index is 2.63. The molecule has 0 bridgehead atoms. The molecule has 1 aliphatic rings. The van der Waals surface area contributed by atoms with Crippen LogP contribution in [0.4, 0.5) is 0 Å². The van der Waals surface area contributed by atoms with E-state index in [0.717, 1.165) is 0 Å². The summed E-state index contributed by atoms with van der Waals surface area (Å²) in [5.41, 5.74) is 7.40. The van der Waals surface area contributed by atoms with Gasteiger partial charge < -0.3 is 5.43 Å². The fraction of sp³-hybridized carbons (Fsp3) is 0.750. The molecule has 0 aliphatic carbocycles. The average Bonchev–Trinajstić information content (AvgIpc) is 2.32. The Labute approximate surface area is 68.4 Å². The first-order chi connectivity index (χ1) is 5.13. The van der Waals surface area contributed by atoms with E-state index in [2.05, 4.69) is 43.7 Å². The Kier molecular flexibility index (Phi) is 2.39. The third kappa shape index (κ3) is 1.66. The van der Waals surface area contributed by atoms with Gasteiger partial charge in [-0.05, 0) is 19.8 Å². The Morgan fingerprint density at radius 3 is 2.27 bits per heavy atom. The number of rotatable bonds is 2. The molecule has 1 heterocycles. The Morgan fingerprint density at radius 1 is 1.27 bits per heavy atom. The number of hydrogen-bond acceptors (Lipinski definition) is 3. The lowest BCUT2D eigenvalue weighted by Gasteiger charge is -2.27. The van der Waals surface area contributed by atoms with Gasteiger partial charge in [-0.25, -0.2) is 0 Å². The Hall–Kier alpha value is -0.700. The van der Waals surface area contributed by atoms with Gasteiger partial charge in [0.15, 0.2) is 0 Å². The van der Waals surface area contributed by atoms with Crippen LogP contribution in [0, 0.1) is 5.92 Å². The van der Waals surface area contributed by atoms with Crippen LogP contribution in [-0.2, 0) is 0 Å². The largest absolute Gasteiger partial charge is 0.309 e. The second kappa shape index (κ2) is 3.13. The van der Waals surface area contributed by atoms with E-state index in [9.17, 15) is 0 Å². The molecular weight excluding hydrogens is 138 g/mol. The Bertz CT molecular complexity index is 161. The van der Waals surface area contributed by atoms with Crippen molar-refractivity contribution in [3.8, 4) is 0 Å². The van der Waals surface area contributed by atoms with Crippen molar-refractivity contribution in [2.75, 3.05) is 0 Å². The van der Waals surface area contributed by atoms with E-state index in [1.54, 1.807) is 0 Å². The van der Waals surface area contributed by atoms with Crippen LogP contribution in [0.2, 0.25) is 0 Å². The monoisotopic (exact) mass is 155 g/mol. The average molecular weight is 155 g/mol. The van der Waals surface area contributed by atoms with Gasteiger partial charge >= 0.3 is 0 Å². The predicted octanol–water partition coefficient (Wildman–Crippen LogP) is 1.22. The molecule has 0 aromatic carbocycles. The van der Waals surface area contributed by atoms with Crippen LogP contribution in [0.3, 0.4) is 0 Å². The van der Waals surface area contributed by atoms with E-state index in [1.807, 2.05) is 6.20 Å². The molecule has 0 radical (unpaired) electrons. The molecule has 1 aliphatic heterocycles. The van der Waals surface area contributed by atoms with Gasteiger partial charge in [0.25, 0.3) is 0 Å². The second-order valence-electron chi connectivity index (χ2n) is 3.44. The lowest BCUT2D eigenvalue weighted by Crippen LogP contribution is -2.42. The van der Waals surface area contributed by atoms with Gasteiger partial charge in [-0.1, -0.05) is 13.8 Å². The van der Waals surface area contributed by atoms with Gasteiger partial charge in [0.2, 0.25) is 0 Å². The highest BCUT2D eigenvalue weighted by molar-refractivity contribution is 5.05. The first-order valence-corrected chi connectivity index (χ1v) is 4.13. The van der Waals surface area contributed by atoms with Gasteiger partial charge in [0, 0.05) is 12.2 Å². The molecule has 0 saturated carbocycles. The summed E-state index contributed by atoms with van der Waals surface area (Å²) in [7, 11) is 0. The van der Waals surface area contributed by atoms with Crippen molar-refractivity contribution in [2.45, 2.75) is 33.7 Å². The molecule has 0 fully saturated rings. The van der Waals surface area contributed by atoms with Crippen LogP contribution in [0.1, 0.15) is 27.7 Å². The summed E-state index contributed by atoms with van der Waals surface area (Å²) < 4.78 is 0. The topological polar surface area (TPSA) is 27.3 Å². The van der Waals surface area contributed by atoms with Crippen molar-refractivity contribution in [2.24, 2.45) is 5.92 Å². The number of nitrogens with one attached hydrogen (secondary N) is 2. The van der Waals surface area contributed by atoms with E-state index in [-0.39, 0.29) is 0 Å². The van der Waals surface area contributed by atoms with Crippen LogP contribution >= 0.6 is 0 Å². The van der Waals surface area contributed by atoms with E-state index in [4.69, 9.17) is 0 Å². The zero-order chi connectivity index (χ0) is 8.43. The van der Waals surface area contributed by atoms with Gasteiger partial charge in [-0.2, -0.15) is 0 Å². The van der Waals surface area contributed by atoms with Gasteiger partial charge in [0.05, 0.1) is 5.70 Å². The lowest BCUT2D eigenvalue weighted by molar-refractivity contribution is 0.186. The molecule has 0 aromatic heterocycles. The normalized spacial score (nSPS) is 17.6. The molecule has 1 rings (SSSR count). The number of nitrogens with zero attached hydrogens (tertiary/aromatic N) is 1. The zero-order valence-corrected chi connectivity index (χ0v) is 7.68. The van der Waals surface area contributed by atoms with Crippen molar-refractivity contribution in [1.82, 2.24) is 16.0 Å².